The molecule has 10 nitrogen and oxygen atoms in total. The lowest BCUT2D eigenvalue weighted by molar-refractivity contribution is -0.158. The number of esters is 1. The molecule has 33 heavy (non-hydrogen) atoms. The topological polar surface area (TPSA) is 124 Å². The molecule has 3 aromatic heterocycles. The van der Waals surface area contributed by atoms with Crippen molar-refractivity contribution in [3.05, 3.63) is 40.2 Å². The highest BCUT2D eigenvalue weighted by Crippen LogP contribution is 2.29. The molecular formula is C22H27ClN6O4. The quantitative estimate of drug-likeness (QED) is 0.541. The van der Waals surface area contributed by atoms with Crippen molar-refractivity contribution < 1.29 is 14.6 Å². The molecule has 0 aromatic carbocycles. The van der Waals surface area contributed by atoms with E-state index in [1.165, 1.54) is 21.6 Å². The number of carbonyl (C=O) groups excluding carboxylic acids is 1. The van der Waals surface area contributed by atoms with E-state index in [0.717, 1.165) is 12.8 Å². The Morgan fingerprint density at radius 2 is 2.12 bits per heavy atom. The number of halogens is 1. The molecule has 0 saturated heterocycles. The first kappa shape index (κ1) is 23.2. The van der Waals surface area contributed by atoms with Gasteiger partial charge in [-0.25, -0.2) is 19.3 Å². The molecular weight excluding hydrogens is 448 g/mol. The van der Waals surface area contributed by atoms with Crippen LogP contribution in [-0.2, 0) is 9.53 Å². The van der Waals surface area contributed by atoms with Crippen molar-refractivity contribution in [1.82, 2.24) is 24.1 Å². The van der Waals surface area contributed by atoms with Gasteiger partial charge in [0, 0.05) is 17.8 Å². The number of nitrogens with zero attached hydrogens (tertiary/aromatic N) is 5. The predicted octanol–water partition coefficient (Wildman–Crippen LogP) is 2.83. The second-order valence-corrected chi connectivity index (χ2v) is 9.72. The standard InChI is InChI=1S/C22H27ClN6O4/c1-12(20(32)33-22(2,3)4)28-11-25-29-10-13(7-17(29)19(28)31)18-16(23)9-24-21(27-18)26-14-5-6-15(30)8-14/h7,9-12,14-15,30H,5-6,8H2,1-4H3,(H,24,26,27)/t12?,14-,15+/m0/s1. The number of aliphatic hydroxyl groups is 1. The van der Waals surface area contributed by atoms with E-state index >= 15 is 0 Å². The van der Waals surface area contributed by atoms with Gasteiger partial charge in [-0.15, -0.1) is 0 Å². The van der Waals surface area contributed by atoms with Crippen LogP contribution in [0.4, 0.5) is 5.95 Å². The smallest absolute Gasteiger partial charge is 0.329 e. The van der Waals surface area contributed by atoms with Gasteiger partial charge in [-0.05, 0) is 53.0 Å². The van der Waals surface area contributed by atoms with E-state index < -0.39 is 23.2 Å². The average molecular weight is 475 g/mol. The van der Waals surface area contributed by atoms with Gasteiger partial charge in [0.1, 0.15) is 23.5 Å². The van der Waals surface area contributed by atoms with E-state index in [1.807, 2.05) is 0 Å². The van der Waals surface area contributed by atoms with Crippen molar-refractivity contribution in [3.63, 3.8) is 0 Å². The molecule has 1 unspecified atom stereocenters. The predicted molar refractivity (Wildman–Crippen MR) is 123 cm³/mol. The van der Waals surface area contributed by atoms with Crippen LogP contribution in [0.3, 0.4) is 0 Å². The van der Waals surface area contributed by atoms with Crippen molar-refractivity contribution in [1.29, 1.82) is 0 Å². The zero-order valence-electron chi connectivity index (χ0n) is 18.9. The summed E-state index contributed by atoms with van der Waals surface area (Å²) in [5, 5.41) is 17.6. The third kappa shape index (κ3) is 5.01. The minimum absolute atomic E-state index is 0.0883. The molecule has 0 amide bonds. The summed E-state index contributed by atoms with van der Waals surface area (Å²) in [7, 11) is 0. The van der Waals surface area contributed by atoms with Crippen LogP contribution in [0.25, 0.3) is 16.8 Å². The Balaban J connectivity index is 1.65. The molecule has 1 saturated carbocycles. The number of carbonyl (C=O) groups is 1. The van der Waals surface area contributed by atoms with Gasteiger partial charge in [-0.2, -0.15) is 5.10 Å². The second-order valence-electron chi connectivity index (χ2n) is 9.31. The largest absolute Gasteiger partial charge is 0.458 e. The summed E-state index contributed by atoms with van der Waals surface area (Å²) >= 11 is 6.36. The lowest BCUT2D eigenvalue weighted by atomic mass is 10.2. The monoisotopic (exact) mass is 474 g/mol. The fraction of sp³-hybridized carbons (Fsp3) is 0.500. The maximum absolute atomic E-state index is 13.1. The second kappa shape index (κ2) is 8.75. The SMILES string of the molecule is CC(C(=O)OC(C)(C)C)n1cnn2cc(-c3nc(N[C@H]4CC[C@@H](O)C4)ncc3Cl)cc2c1=O. The van der Waals surface area contributed by atoms with Gasteiger partial charge in [0.05, 0.1) is 23.0 Å². The van der Waals surface area contributed by atoms with E-state index in [0.29, 0.717) is 28.6 Å². The Hall–Kier alpha value is -2.98. The normalized spacial score (nSPS) is 19.6. The first-order valence-corrected chi connectivity index (χ1v) is 11.2. The zero-order valence-corrected chi connectivity index (χ0v) is 19.7. The Kier molecular flexibility index (Phi) is 6.15. The van der Waals surface area contributed by atoms with Gasteiger partial charge < -0.3 is 15.2 Å². The molecule has 0 radical (unpaired) electrons. The van der Waals surface area contributed by atoms with E-state index in [-0.39, 0.29) is 17.7 Å². The molecule has 4 rings (SSSR count). The first-order chi connectivity index (χ1) is 15.5. The fourth-order valence-electron chi connectivity index (χ4n) is 3.82. The molecule has 0 bridgehead atoms. The molecule has 1 aliphatic rings. The van der Waals surface area contributed by atoms with Crippen LogP contribution in [0.2, 0.25) is 5.02 Å². The number of fused-ring (bicyclic) bond motifs is 1. The summed E-state index contributed by atoms with van der Waals surface area (Å²) < 4.78 is 8.06. The van der Waals surface area contributed by atoms with Crippen LogP contribution in [0.15, 0.2) is 29.6 Å². The highest BCUT2D eigenvalue weighted by molar-refractivity contribution is 6.32. The summed E-state index contributed by atoms with van der Waals surface area (Å²) in [4.78, 5) is 34.3. The van der Waals surface area contributed by atoms with Gasteiger partial charge in [-0.1, -0.05) is 11.6 Å². The Morgan fingerprint density at radius 1 is 1.36 bits per heavy atom. The van der Waals surface area contributed by atoms with E-state index in [1.54, 1.807) is 40.0 Å². The average Bonchev–Trinajstić information content (AvgIpc) is 3.34. The molecule has 1 fully saturated rings. The highest BCUT2D eigenvalue weighted by Gasteiger charge is 2.26. The minimum Gasteiger partial charge on any atom is -0.458 e. The number of hydrogen-bond acceptors (Lipinski definition) is 8. The number of anilines is 1. The first-order valence-electron chi connectivity index (χ1n) is 10.8. The van der Waals surface area contributed by atoms with Crippen molar-refractivity contribution in [2.24, 2.45) is 0 Å². The Morgan fingerprint density at radius 3 is 2.79 bits per heavy atom. The van der Waals surface area contributed by atoms with Gasteiger partial charge in [0.25, 0.3) is 5.56 Å². The summed E-state index contributed by atoms with van der Waals surface area (Å²) in [6, 6.07) is 0.878. The van der Waals surface area contributed by atoms with Gasteiger partial charge in [-0.3, -0.25) is 9.36 Å². The number of aliphatic hydroxyl groups excluding tert-OH is 1. The summed E-state index contributed by atoms with van der Waals surface area (Å²) in [5.74, 6) is -0.123. The van der Waals surface area contributed by atoms with E-state index in [2.05, 4.69) is 20.4 Å². The molecule has 3 heterocycles. The van der Waals surface area contributed by atoms with Gasteiger partial charge >= 0.3 is 5.97 Å². The van der Waals surface area contributed by atoms with Crippen LogP contribution < -0.4 is 10.9 Å². The molecule has 3 atom stereocenters. The lowest BCUT2D eigenvalue weighted by Crippen LogP contribution is -2.34. The minimum atomic E-state index is -0.840. The fourth-order valence-corrected chi connectivity index (χ4v) is 4.02. The van der Waals surface area contributed by atoms with Crippen LogP contribution in [0.1, 0.15) is 53.0 Å². The van der Waals surface area contributed by atoms with E-state index in [9.17, 15) is 14.7 Å². The highest BCUT2D eigenvalue weighted by atomic mass is 35.5. The molecule has 11 heteroatoms. The summed E-state index contributed by atoms with van der Waals surface area (Å²) in [6.07, 6.45) is 6.35. The number of nitrogens with one attached hydrogen (secondary N) is 1. The zero-order chi connectivity index (χ0) is 23.9. The van der Waals surface area contributed by atoms with Crippen LogP contribution in [0.5, 0.6) is 0 Å². The summed E-state index contributed by atoms with van der Waals surface area (Å²) in [5.41, 5.74) is 0.249. The van der Waals surface area contributed by atoms with Crippen LogP contribution in [0, 0.1) is 0 Å². The van der Waals surface area contributed by atoms with Crippen molar-refractivity contribution >= 4 is 29.0 Å². The Bertz CT molecular complexity index is 1250. The molecule has 1 aliphatic carbocycles. The van der Waals surface area contributed by atoms with Crippen molar-refractivity contribution in [3.8, 4) is 11.3 Å². The van der Waals surface area contributed by atoms with Crippen molar-refractivity contribution in [2.75, 3.05) is 5.32 Å². The van der Waals surface area contributed by atoms with E-state index in [4.69, 9.17) is 16.3 Å². The maximum Gasteiger partial charge on any atom is 0.329 e. The number of rotatable bonds is 5. The number of ether oxygens (including phenoxy) is 1. The molecule has 3 aromatic rings. The van der Waals surface area contributed by atoms with Crippen LogP contribution >= 0.6 is 11.6 Å². The third-order valence-corrected chi connectivity index (χ3v) is 5.75. The molecule has 0 aliphatic heterocycles. The van der Waals surface area contributed by atoms with Crippen molar-refractivity contribution in [2.45, 2.75) is 70.7 Å². The van der Waals surface area contributed by atoms with Crippen LogP contribution in [-0.4, -0.2) is 53.0 Å². The number of hydrogen-bond donors (Lipinski definition) is 2. The van der Waals surface area contributed by atoms with Gasteiger partial charge in [0.2, 0.25) is 5.95 Å². The Labute approximate surface area is 195 Å². The lowest BCUT2D eigenvalue weighted by Gasteiger charge is -2.22. The van der Waals surface area contributed by atoms with Gasteiger partial charge in [0.15, 0.2) is 0 Å². The molecule has 176 valence electrons. The molecule has 2 N–H and O–H groups in total. The third-order valence-electron chi connectivity index (χ3n) is 5.48. The maximum atomic E-state index is 13.1. The molecule has 0 spiro atoms. The summed E-state index contributed by atoms with van der Waals surface area (Å²) in [6.45, 7) is 6.90. The number of aromatic nitrogens is 5.